The highest BCUT2D eigenvalue weighted by Crippen LogP contribution is 2.57. The van der Waals surface area contributed by atoms with Crippen molar-refractivity contribution < 1.29 is 53.8 Å². The number of hydrogen-bond acceptors (Lipinski definition) is 11. The summed E-state index contributed by atoms with van der Waals surface area (Å²) in [7, 11) is 0. The van der Waals surface area contributed by atoms with Gasteiger partial charge in [0.25, 0.3) is 0 Å². The van der Waals surface area contributed by atoms with Crippen LogP contribution >= 0.6 is 0 Å². The van der Waals surface area contributed by atoms with E-state index in [4.69, 9.17) is 18.9 Å². The molecule has 4 aliphatic rings. The summed E-state index contributed by atoms with van der Waals surface area (Å²) >= 11 is 0. The fraction of sp³-hybridized carbons (Fsp3) is 0.523. The highest BCUT2D eigenvalue weighted by Gasteiger charge is 2.47. The van der Waals surface area contributed by atoms with Gasteiger partial charge in [0.05, 0.1) is 48.7 Å². The van der Waals surface area contributed by atoms with Crippen molar-refractivity contribution >= 4 is 34.5 Å². The van der Waals surface area contributed by atoms with Crippen LogP contribution in [0.25, 0.3) is 16.5 Å². The quantitative estimate of drug-likeness (QED) is 0.0886. The molecule has 1 saturated carbocycles. The lowest BCUT2D eigenvalue weighted by atomic mass is 9.70. The first-order valence-corrected chi connectivity index (χ1v) is 20.1. The Balaban J connectivity index is 1.50. The average molecular weight is 772 g/mol. The number of aldehydes is 1. The van der Waals surface area contributed by atoms with E-state index in [2.05, 4.69) is 11.9 Å². The van der Waals surface area contributed by atoms with Crippen LogP contribution in [0, 0.1) is 11.8 Å². The number of aromatic nitrogens is 1. The molecule has 1 aromatic heterocycles. The molecule has 0 unspecified atom stereocenters. The van der Waals surface area contributed by atoms with Crippen LogP contribution in [0.4, 0.5) is 0 Å². The number of aromatic amines is 1. The monoisotopic (exact) mass is 771 g/mol. The minimum atomic E-state index is -1.25. The Labute approximate surface area is 326 Å². The molecule has 5 N–H and O–H groups in total. The molecular weight excluding hydrogens is 718 g/mol. The molecule has 12 nitrogen and oxygen atoms in total. The molecule has 2 bridgehead atoms. The van der Waals surface area contributed by atoms with Gasteiger partial charge in [-0.25, -0.2) is 4.79 Å². The van der Waals surface area contributed by atoms with E-state index >= 15 is 0 Å². The summed E-state index contributed by atoms with van der Waals surface area (Å²) < 4.78 is 25.1. The second-order valence-electron chi connectivity index (χ2n) is 15.9. The van der Waals surface area contributed by atoms with E-state index in [9.17, 15) is 34.8 Å². The van der Waals surface area contributed by atoms with Gasteiger partial charge in [-0.3, -0.25) is 9.59 Å². The number of allylic oxidation sites excluding steroid dienone is 3. The molecular formula is C44H53NO11. The molecule has 300 valence electrons. The maximum absolute atomic E-state index is 14.3. The zero-order valence-electron chi connectivity index (χ0n) is 32.4. The number of ether oxygens (including phenoxy) is 4. The Bertz CT molecular complexity index is 2070. The molecule has 3 aromatic rings. The first-order chi connectivity index (χ1) is 27.1. The Morgan fingerprint density at radius 1 is 1.05 bits per heavy atom. The molecule has 1 fully saturated rings. The lowest BCUT2D eigenvalue weighted by Crippen LogP contribution is -2.42. The summed E-state index contributed by atoms with van der Waals surface area (Å²) in [5, 5.41) is 45.2. The molecule has 0 amide bonds. The Morgan fingerprint density at radius 2 is 1.88 bits per heavy atom. The number of rotatable bonds is 12. The minimum absolute atomic E-state index is 0.00372. The number of benzene rings is 2. The highest BCUT2D eigenvalue weighted by molar-refractivity contribution is 6.11. The van der Waals surface area contributed by atoms with Gasteiger partial charge in [0.1, 0.15) is 29.1 Å². The maximum atomic E-state index is 14.3. The summed E-state index contributed by atoms with van der Waals surface area (Å²) in [6, 6.07) is 5.97. The van der Waals surface area contributed by atoms with Crippen LogP contribution in [0.15, 0.2) is 41.3 Å². The van der Waals surface area contributed by atoms with Crippen LogP contribution in [0.5, 0.6) is 17.2 Å². The van der Waals surface area contributed by atoms with E-state index in [-0.39, 0.29) is 79.2 Å². The second kappa shape index (κ2) is 16.5. The van der Waals surface area contributed by atoms with Crippen molar-refractivity contribution in [3.05, 3.63) is 69.1 Å². The van der Waals surface area contributed by atoms with Crippen LogP contribution in [0.3, 0.4) is 0 Å². The molecule has 2 aromatic carbocycles. The highest BCUT2D eigenvalue weighted by atomic mass is 16.6. The molecule has 1 aliphatic carbocycles. The number of aryl methyl sites for hydroxylation is 1. The van der Waals surface area contributed by atoms with E-state index < -0.39 is 42.7 Å². The minimum Gasteiger partial charge on any atom is -0.492 e. The van der Waals surface area contributed by atoms with Crippen LogP contribution in [0.1, 0.15) is 106 Å². The van der Waals surface area contributed by atoms with Crippen LogP contribution in [-0.4, -0.2) is 81.6 Å². The van der Waals surface area contributed by atoms with Crippen LogP contribution in [0.2, 0.25) is 0 Å². The van der Waals surface area contributed by atoms with Crippen molar-refractivity contribution in [2.45, 2.75) is 109 Å². The van der Waals surface area contributed by atoms with Crippen LogP contribution in [-0.2, 0) is 38.6 Å². The first-order valence-electron chi connectivity index (χ1n) is 20.1. The summed E-state index contributed by atoms with van der Waals surface area (Å²) in [6.07, 6.45) is 7.48. The standard InChI is InChI=1S/C44H53NO11/c1-4-6-7-8-12-44(3,52)35-18-31-39(55-35)33(22-49)41-37-36(32(21-48)42(56-41)43(51)53-5-2)27-14-28(20-47)38(50)30(16-27)29-15-26-11-13-45-34(26)17-25(29)10-9-24(19-46)23-54-40(31)37/h11,13,15,17,21,24,28,30,35,45-47,49,52H,4-10,12,14,16,18-20,22-23H2,1-3H3/t24-,28-,30-,35+,44+/m1/s1. The molecule has 0 spiro atoms. The molecule has 5 atom stereocenters. The molecule has 12 heteroatoms. The summed E-state index contributed by atoms with van der Waals surface area (Å²) in [6.45, 7) is 4.34. The number of aliphatic hydroxyl groups is 4. The van der Waals surface area contributed by atoms with Gasteiger partial charge in [-0.05, 0) is 80.7 Å². The van der Waals surface area contributed by atoms with Gasteiger partial charge in [0.2, 0.25) is 5.76 Å². The van der Waals surface area contributed by atoms with E-state index in [0.29, 0.717) is 53.6 Å². The number of fused-ring (bicyclic) bond motifs is 7. The third kappa shape index (κ3) is 7.17. The normalized spacial score (nSPS) is 23.0. The number of aliphatic hydroxyl groups excluding tert-OH is 3. The number of ketones is 1. The van der Waals surface area contributed by atoms with Gasteiger partial charge >= 0.3 is 5.97 Å². The van der Waals surface area contributed by atoms with E-state index in [1.807, 2.05) is 24.4 Å². The van der Waals surface area contributed by atoms with Crippen molar-refractivity contribution in [3.8, 4) is 17.2 Å². The fourth-order valence-electron chi connectivity index (χ4n) is 9.01. The predicted octanol–water partition coefficient (Wildman–Crippen LogP) is 5.54. The van der Waals surface area contributed by atoms with E-state index in [0.717, 1.165) is 47.7 Å². The number of unbranched alkanes of at least 4 members (excludes halogenated alkanes) is 3. The first kappa shape index (κ1) is 39.7. The molecule has 56 heavy (non-hydrogen) atoms. The van der Waals surface area contributed by atoms with Crippen molar-refractivity contribution in [3.63, 3.8) is 0 Å². The number of carbonyl (C=O) groups is 3. The summed E-state index contributed by atoms with van der Waals surface area (Å²) in [4.78, 5) is 44.6. The van der Waals surface area contributed by atoms with Gasteiger partial charge in [0.15, 0.2) is 6.29 Å². The summed E-state index contributed by atoms with van der Waals surface area (Å²) in [5.41, 5.74) is 3.29. The lowest BCUT2D eigenvalue weighted by molar-refractivity contribution is -0.141. The SMILES string of the molecule is CCCCCC[C@](C)(O)[C@@H]1Cc2c(c(CO)c3c4c2OC[C@@H](CO)CCc2cc5[nH]ccc5cc2[C@H]2CC(=C4C(C=O)=C(C(=O)OCC)O3)C[C@H](CO)C2=O)O1. The fourth-order valence-corrected chi connectivity index (χ4v) is 9.01. The number of nitrogens with one attached hydrogen (secondary N) is 1. The molecule has 4 heterocycles. The topological polar surface area (TPSA) is 185 Å². The number of Topliss-reactive ketones (excluding diaryl/α,β-unsaturated/α-hetero) is 1. The zero-order chi connectivity index (χ0) is 39.7. The van der Waals surface area contributed by atoms with Crippen molar-refractivity contribution in [2.24, 2.45) is 11.8 Å². The third-order valence-corrected chi connectivity index (χ3v) is 12.1. The van der Waals surface area contributed by atoms with Crippen molar-refractivity contribution in [1.29, 1.82) is 0 Å². The predicted molar refractivity (Wildman–Crippen MR) is 207 cm³/mol. The van der Waals surface area contributed by atoms with Crippen molar-refractivity contribution in [1.82, 2.24) is 4.98 Å². The smallest absolute Gasteiger partial charge is 0.375 e. The second-order valence-corrected chi connectivity index (χ2v) is 15.9. The van der Waals surface area contributed by atoms with Gasteiger partial charge in [0, 0.05) is 53.6 Å². The van der Waals surface area contributed by atoms with Crippen molar-refractivity contribution in [2.75, 3.05) is 26.4 Å². The Morgan fingerprint density at radius 3 is 2.59 bits per heavy atom. The number of H-pyrrole nitrogens is 1. The Hall–Kier alpha value is -4.49. The maximum Gasteiger partial charge on any atom is 0.375 e. The van der Waals surface area contributed by atoms with Gasteiger partial charge in [-0.15, -0.1) is 0 Å². The average Bonchev–Trinajstić information content (AvgIpc) is 3.86. The third-order valence-electron chi connectivity index (χ3n) is 12.1. The number of esters is 1. The van der Waals surface area contributed by atoms with E-state index in [1.165, 1.54) is 0 Å². The van der Waals surface area contributed by atoms with Crippen LogP contribution < -0.4 is 14.2 Å². The molecule has 0 radical (unpaired) electrons. The number of hydrogen-bond donors (Lipinski definition) is 5. The van der Waals surface area contributed by atoms with E-state index in [1.54, 1.807) is 13.8 Å². The molecule has 3 aliphatic heterocycles. The molecule has 0 saturated heterocycles. The zero-order valence-corrected chi connectivity index (χ0v) is 32.4. The van der Waals surface area contributed by atoms with Gasteiger partial charge in [-0.1, -0.05) is 38.2 Å². The largest absolute Gasteiger partial charge is 0.492 e. The summed E-state index contributed by atoms with van der Waals surface area (Å²) in [5.74, 6) is -2.69. The lowest BCUT2D eigenvalue weighted by Gasteiger charge is -2.34. The van der Waals surface area contributed by atoms with Gasteiger partial charge < -0.3 is 44.4 Å². The van der Waals surface area contributed by atoms with Gasteiger partial charge in [-0.2, -0.15) is 0 Å². The molecule has 7 rings (SSSR count). The number of carbonyl (C=O) groups excluding carboxylic acids is 3. The Kier molecular flexibility index (Phi) is 11.7.